The van der Waals surface area contributed by atoms with Gasteiger partial charge < -0.3 is 25.2 Å². The highest BCUT2D eigenvalue weighted by molar-refractivity contribution is 5.94. The Morgan fingerprint density at radius 1 is 1.25 bits per heavy atom. The molecule has 5 rings (SSSR count). The first-order valence-electron chi connectivity index (χ1n) is 11.5. The maximum Gasteiger partial charge on any atom is 0.246 e. The molecule has 32 heavy (non-hydrogen) atoms. The van der Waals surface area contributed by atoms with E-state index < -0.39 is 5.54 Å². The molecule has 2 N–H and O–H groups in total. The van der Waals surface area contributed by atoms with Crippen LogP contribution in [0.5, 0.6) is 5.75 Å². The van der Waals surface area contributed by atoms with Crippen molar-refractivity contribution >= 4 is 23.5 Å². The van der Waals surface area contributed by atoms with Crippen LogP contribution in [0, 0.1) is 0 Å². The van der Waals surface area contributed by atoms with E-state index in [0.717, 1.165) is 49.5 Å². The van der Waals surface area contributed by atoms with Gasteiger partial charge in [-0.15, -0.1) is 0 Å². The van der Waals surface area contributed by atoms with Crippen molar-refractivity contribution in [3.63, 3.8) is 0 Å². The number of likely N-dealkylation sites (N-methyl/N-ethyl adjacent to an activating group) is 1. The van der Waals surface area contributed by atoms with Gasteiger partial charge in [-0.3, -0.25) is 4.79 Å². The van der Waals surface area contributed by atoms with Crippen LogP contribution in [0.2, 0.25) is 0 Å². The molecule has 1 aliphatic carbocycles. The molecule has 0 bridgehead atoms. The molecular formula is C23H31N7O2. The maximum absolute atomic E-state index is 12.9. The first-order valence-corrected chi connectivity index (χ1v) is 11.5. The molecule has 0 radical (unpaired) electrons. The fourth-order valence-electron chi connectivity index (χ4n) is 5.14. The molecule has 0 unspecified atom stereocenters. The fourth-order valence-corrected chi connectivity index (χ4v) is 5.14. The average molecular weight is 438 g/mol. The molecule has 1 saturated carbocycles. The van der Waals surface area contributed by atoms with Gasteiger partial charge in [-0.2, -0.15) is 4.98 Å². The lowest BCUT2D eigenvalue weighted by molar-refractivity contribution is -0.123. The Morgan fingerprint density at radius 3 is 2.78 bits per heavy atom. The third-order valence-electron chi connectivity index (χ3n) is 6.73. The van der Waals surface area contributed by atoms with Gasteiger partial charge in [0.05, 0.1) is 6.20 Å². The first-order chi connectivity index (χ1) is 15.5. The Morgan fingerprint density at radius 2 is 2.09 bits per heavy atom. The van der Waals surface area contributed by atoms with Crippen molar-refractivity contribution in [1.82, 2.24) is 25.2 Å². The number of aromatic nitrogens is 3. The van der Waals surface area contributed by atoms with Crippen molar-refractivity contribution < 1.29 is 9.53 Å². The van der Waals surface area contributed by atoms with Crippen molar-refractivity contribution in [2.24, 2.45) is 0 Å². The lowest BCUT2D eigenvalue weighted by Crippen LogP contribution is -2.56. The number of fused-ring (bicyclic) bond motifs is 1. The van der Waals surface area contributed by atoms with Crippen LogP contribution in [-0.4, -0.2) is 71.1 Å². The van der Waals surface area contributed by atoms with E-state index in [1.54, 1.807) is 6.20 Å². The average Bonchev–Trinajstić information content (AvgIpc) is 3.49. The second-order valence-electron chi connectivity index (χ2n) is 9.22. The Balaban J connectivity index is 1.34. The largest absolute Gasteiger partial charge is 0.491 e. The zero-order valence-electron chi connectivity index (χ0n) is 18.8. The Bertz CT molecular complexity index is 975. The summed E-state index contributed by atoms with van der Waals surface area (Å²) in [4.78, 5) is 31.1. The number of pyridine rings is 1. The summed E-state index contributed by atoms with van der Waals surface area (Å²) in [7, 11) is 4.03. The van der Waals surface area contributed by atoms with Gasteiger partial charge in [-0.05, 0) is 45.5 Å². The van der Waals surface area contributed by atoms with Crippen LogP contribution in [0.3, 0.4) is 0 Å². The van der Waals surface area contributed by atoms with E-state index >= 15 is 0 Å². The van der Waals surface area contributed by atoms with Gasteiger partial charge in [0.25, 0.3) is 0 Å². The number of carbonyl (C=O) groups excluding carboxylic acids is 1. The normalized spacial score (nSPS) is 22.6. The molecule has 170 valence electrons. The maximum atomic E-state index is 12.9. The molecule has 2 aromatic heterocycles. The number of hydrogen-bond donors (Lipinski definition) is 2. The van der Waals surface area contributed by atoms with Crippen LogP contribution in [0.4, 0.5) is 17.6 Å². The van der Waals surface area contributed by atoms with Crippen molar-refractivity contribution in [3.05, 3.63) is 30.1 Å². The number of amides is 1. The predicted molar refractivity (Wildman–Crippen MR) is 122 cm³/mol. The number of ether oxygens (including phenoxy) is 1. The SMILES string of the molecule is CN(C)CCOc1ccc(Nc2ncc3c(n2)N(C2CCCC2)[C@]2(CCNC2=O)C3)nc1. The number of nitrogens with zero attached hydrogens (tertiary/aromatic N) is 5. The van der Waals surface area contributed by atoms with E-state index in [-0.39, 0.29) is 5.91 Å². The van der Waals surface area contributed by atoms with Crippen molar-refractivity contribution in [2.75, 3.05) is 44.0 Å². The van der Waals surface area contributed by atoms with E-state index in [9.17, 15) is 4.79 Å². The topological polar surface area (TPSA) is 95.5 Å². The molecule has 1 spiro atoms. The van der Waals surface area contributed by atoms with E-state index in [4.69, 9.17) is 9.72 Å². The lowest BCUT2D eigenvalue weighted by atomic mass is 9.91. The van der Waals surface area contributed by atoms with E-state index in [1.807, 2.05) is 32.4 Å². The van der Waals surface area contributed by atoms with Crippen LogP contribution in [0.1, 0.15) is 37.7 Å². The second kappa shape index (κ2) is 8.54. The van der Waals surface area contributed by atoms with Crippen LogP contribution in [-0.2, 0) is 11.2 Å². The monoisotopic (exact) mass is 437 g/mol. The van der Waals surface area contributed by atoms with Gasteiger partial charge in [0.1, 0.15) is 29.5 Å². The highest BCUT2D eigenvalue weighted by Crippen LogP contribution is 2.46. The Kier molecular flexibility index (Phi) is 5.58. The van der Waals surface area contributed by atoms with Crippen LogP contribution in [0.25, 0.3) is 0 Å². The molecule has 2 fully saturated rings. The van der Waals surface area contributed by atoms with Gasteiger partial charge in [-0.1, -0.05) is 12.8 Å². The number of anilines is 3. The van der Waals surface area contributed by atoms with E-state index in [0.29, 0.717) is 30.8 Å². The molecule has 1 amide bonds. The minimum atomic E-state index is -0.506. The molecule has 3 aliphatic rings. The fraction of sp³-hybridized carbons (Fsp3) is 0.565. The van der Waals surface area contributed by atoms with Gasteiger partial charge in [-0.25, -0.2) is 9.97 Å². The van der Waals surface area contributed by atoms with Gasteiger partial charge in [0.15, 0.2) is 0 Å². The highest BCUT2D eigenvalue weighted by atomic mass is 16.5. The summed E-state index contributed by atoms with van der Waals surface area (Å²) in [5.74, 6) is 2.91. The minimum Gasteiger partial charge on any atom is -0.491 e. The van der Waals surface area contributed by atoms with Gasteiger partial charge in [0, 0.05) is 37.3 Å². The smallest absolute Gasteiger partial charge is 0.246 e. The van der Waals surface area contributed by atoms with Crippen LogP contribution in [0.15, 0.2) is 24.5 Å². The summed E-state index contributed by atoms with van der Waals surface area (Å²) in [5.41, 5.74) is 0.547. The van der Waals surface area contributed by atoms with Crippen molar-refractivity contribution in [3.8, 4) is 5.75 Å². The minimum absolute atomic E-state index is 0.128. The molecule has 2 aliphatic heterocycles. The molecular weight excluding hydrogens is 406 g/mol. The number of carbonyl (C=O) groups is 1. The summed E-state index contributed by atoms with van der Waals surface area (Å²) >= 11 is 0. The summed E-state index contributed by atoms with van der Waals surface area (Å²) in [6.45, 7) is 2.18. The number of rotatable bonds is 7. The molecule has 1 atom stereocenters. The van der Waals surface area contributed by atoms with Crippen LogP contribution >= 0.6 is 0 Å². The lowest BCUT2D eigenvalue weighted by Gasteiger charge is -2.38. The van der Waals surface area contributed by atoms with E-state index in [2.05, 4.69) is 30.4 Å². The molecule has 9 heteroatoms. The molecule has 1 saturated heterocycles. The molecule has 4 heterocycles. The summed E-state index contributed by atoms with van der Waals surface area (Å²) in [6, 6.07) is 4.11. The number of nitrogens with one attached hydrogen (secondary N) is 2. The van der Waals surface area contributed by atoms with Crippen LogP contribution < -0.4 is 20.3 Å². The zero-order valence-corrected chi connectivity index (χ0v) is 18.8. The summed E-state index contributed by atoms with van der Waals surface area (Å²) < 4.78 is 5.71. The third-order valence-corrected chi connectivity index (χ3v) is 6.73. The Labute approximate surface area is 188 Å². The third kappa shape index (κ3) is 3.85. The molecule has 9 nitrogen and oxygen atoms in total. The highest BCUT2D eigenvalue weighted by Gasteiger charge is 2.55. The summed E-state index contributed by atoms with van der Waals surface area (Å²) in [5, 5.41) is 6.26. The standard InChI is InChI=1S/C23H31N7O2/c1-29(2)11-12-32-18-7-8-19(25-15-18)27-22-26-14-16-13-23(9-10-24-21(23)31)30(20(16)28-22)17-5-3-4-6-17/h7-8,14-15,17H,3-6,9-13H2,1-2H3,(H,24,31)(H,25,26,27,28)/t23-/m1/s1. The molecule has 0 aromatic carbocycles. The van der Waals surface area contributed by atoms with Crippen molar-refractivity contribution in [2.45, 2.75) is 50.1 Å². The second-order valence-corrected chi connectivity index (χ2v) is 9.22. The summed E-state index contributed by atoms with van der Waals surface area (Å²) in [6.07, 6.45) is 9.70. The predicted octanol–water partition coefficient (Wildman–Crippen LogP) is 2.12. The van der Waals surface area contributed by atoms with E-state index in [1.165, 1.54) is 12.8 Å². The van der Waals surface area contributed by atoms with Crippen molar-refractivity contribution in [1.29, 1.82) is 0 Å². The van der Waals surface area contributed by atoms with Gasteiger partial charge in [0.2, 0.25) is 11.9 Å². The quantitative estimate of drug-likeness (QED) is 0.680. The Hall–Kier alpha value is -2.94. The zero-order chi connectivity index (χ0) is 22.1. The number of hydrogen-bond acceptors (Lipinski definition) is 8. The molecule has 2 aromatic rings. The first kappa shape index (κ1) is 20.9. The van der Waals surface area contributed by atoms with Gasteiger partial charge >= 0.3 is 0 Å².